The zero-order valence-corrected chi connectivity index (χ0v) is 10.5. The molecule has 1 aromatic rings. The summed E-state index contributed by atoms with van der Waals surface area (Å²) >= 11 is 0. The third-order valence-electron chi connectivity index (χ3n) is 3.91. The van der Waals surface area contributed by atoms with Crippen LogP contribution in [-0.4, -0.2) is 37.0 Å². The molecule has 0 aromatic heterocycles. The summed E-state index contributed by atoms with van der Waals surface area (Å²) in [6, 6.07) is 3.93. The van der Waals surface area contributed by atoms with Gasteiger partial charge in [0.05, 0.1) is 0 Å². The summed E-state index contributed by atoms with van der Waals surface area (Å²) in [6.45, 7) is 3.13. The van der Waals surface area contributed by atoms with E-state index in [-0.39, 0.29) is 17.7 Å². The van der Waals surface area contributed by atoms with Gasteiger partial charge in [-0.3, -0.25) is 4.79 Å². The molecule has 3 rings (SSSR count). The second-order valence-electron chi connectivity index (χ2n) is 5.20. The highest BCUT2D eigenvalue weighted by Gasteiger charge is 2.46. The van der Waals surface area contributed by atoms with E-state index in [9.17, 15) is 13.6 Å². The lowest BCUT2D eigenvalue weighted by atomic mass is 10.1. The van der Waals surface area contributed by atoms with Crippen LogP contribution in [0.3, 0.4) is 0 Å². The first-order valence-corrected chi connectivity index (χ1v) is 6.61. The predicted molar refractivity (Wildman–Crippen MR) is 66.7 cm³/mol. The summed E-state index contributed by atoms with van der Waals surface area (Å²) in [4.78, 5) is 14.1. The lowest BCUT2D eigenvalue weighted by Gasteiger charge is -2.27. The molecule has 1 N–H and O–H groups in total. The van der Waals surface area contributed by atoms with E-state index in [1.54, 1.807) is 6.07 Å². The Balaban J connectivity index is 1.66. The van der Waals surface area contributed by atoms with Crippen molar-refractivity contribution in [2.75, 3.05) is 26.2 Å². The van der Waals surface area contributed by atoms with E-state index in [0.29, 0.717) is 0 Å². The maximum atomic E-state index is 13.2. The van der Waals surface area contributed by atoms with Crippen molar-refractivity contribution >= 4 is 5.91 Å². The van der Waals surface area contributed by atoms with Crippen LogP contribution in [-0.2, 0) is 4.79 Å². The van der Waals surface area contributed by atoms with Crippen LogP contribution in [0.2, 0.25) is 0 Å². The van der Waals surface area contributed by atoms with Crippen LogP contribution in [0, 0.1) is 17.6 Å². The predicted octanol–water partition coefficient (Wildman–Crippen LogP) is 1.50. The molecule has 0 bridgehead atoms. The maximum absolute atomic E-state index is 13.2. The number of nitrogens with one attached hydrogen (secondary N) is 1. The van der Waals surface area contributed by atoms with Gasteiger partial charge in [-0.15, -0.1) is 0 Å². The van der Waals surface area contributed by atoms with E-state index in [1.807, 2.05) is 4.90 Å². The molecular formula is C14H16F2N2O. The van der Waals surface area contributed by atoms with Crippen molar-refractivity contribution in [3.8, 4) is 0 Å². The second-order valence-corrected chi connectivity index (χ2v) is 5.20. The number of piperazine rings is 1. The molecule has 1 aliphatic heterocycles. The SMILES string of the molecule is O=C(C1CC1c1ccc(F)c(F)c1)N1CCNCC1. The molecule has 102 valence electrons. The number of carbonyl (C=O) groups is 1. The zero-order chi connectivity index (χ0) is 13.4. The van der Waals surface area contributed by atoms with E-state index in [0.717, 1.165) is 44.2 Å². The maximum Gasteiger partial charge on any atom is 0.226 e. The van der Waals surface area contributed by atoms with Gasteiger partial charge in [0.15, 0.2) is 11.6 Å². The standard InChI is InChI=1S/C14H16F2N2O/c15-12-2-1-9(7-13(12)16)10-8-11(10)14(19)18-5-3-17-4-6-18/h1-2,7,10-11,17H,3-6,8H2. The van der Waals surface area contributed by atoms with Crippen molar-refractivity contribution in [2.45, 2.75) is 12.3 Å². The molecule has 1 amide bonds. The quantitative estimate of drug-likeness (QED) is 0.880. The van der Waals surface area contributed by atoms with E-state index < -0.39 is 11.6 Å². The van der Waals surface area contributed by atoms with Gasteiger partial charge in [0.25, 0.3) is 0 Å². The molecule has 1 saturated heterocycles. The summed E-state index contributed by atoms with van der Waals surface area (Å²) in [5, 5.41) is 3.20. The summed E-state index contributed by atoms with van der Waals surface area (Å²) < 4.78 is 26.0. The third kappa shape index (κ3) is 2.47. The average molecular weight is 266 g/mol. The molecule has 2 aliphatic rings. The minimum atomic E-state index is -0.839. The molecule has 2 fully saturated rings. The highest BCUT2D eigenvalue weighted by molar-refractivity contribution is 5.83. The van der Waals surface area contributed by atoms with Crippen molar-refractivity contribution in [2.24, 2.45) is 5.92 Å². The smallest absolute Gasteiger partial charge is 0.226 e. The largest absolute Gasteiger partial charge is 0.340 e. The Bertz CT molecular complexity index is 500. The molecule has 0 spiro atoms. The second kappa shape index (κ2) is 4.89. The van der Waals surface area contributed by atoms with Crippen LogP contribution in [0.15, 0.2) is 18.2 Å². The van der Waals surface area contributed by atoms with Gasteiger partial charge in [0, 0.05) is 32.1 Å². The molecule has 1 aromatic carbocycles. The zero-order valence-electron chi connectivity index (χ0n) is 10.5. The molecule has 5 heteroatoms. The number of hydrogen-bond acceptors (Lipinski definition) is 2. The van der Waals surface area contributed by atoms with Crippen molar-refractivity contribution in [3.63, 3.8) is 0 Å². The first-order valence-electron chi connectivity index (χ1n) is 6.61. The van der Waals surface area contributed by atoms with Gasteiger partial charge in [-0.05, 0) is 30.0 Å². The first kappa shape index (κ1) is 12.5. The van der Waals surface area contributed by atoms with Crippen LogP contribution in [0.4, 0.5) is 8.78 Å². The Kier molecular flexibility index (Phi) is 3.22. The molecule has 2 unspecified atom stereocenters. The summed E-state index contributed by atoms with van der Waals surface area (Å²) in [6.07, 6.45) is 0.744. The van der Waals surface area contributed by atoms with E-state index in [1.165, 1.54) is 6.07 Å². The fourth-order valence-corrected chi connectivity index (χ4v) is 2.70. The fraction of sp³-hybridized carbons (Fsp3) is 0.500. The Morgan fingerprint density at radius 3 is 2.63 bits per heavy atom. The number of rotatable bonds is 2. The number of carbonyl (C=O) groups excluding carboxylic acids is 1. The minimum Gasteiger partial charge on any atom is -0.340 e. The summed E-state index contributed by atoms with van der Waals surface area (Å²) in [7, 11) is 0. The Hall–Kier alpha value is -1.49. The van der Waals surface area contributed by atoms with Gasteiger partial charge in [-0.1, -0.05) is 6.07 Å². The molecule has 19 heavy (non-hydrogen) atoms. The highest BCUT2D eigenvalue weighted by atomic mass is 19.2. The van der Waals surface area contributed by atoms with Crippen LogP contribution in [0.25, 0.3) is 0 Å². The summed E-state index contributed by atoms with van der Waals surface area (Å²) in [5.74, 6) is -1.52. The molecule has 0 radical (unpaired) electrons. The number of nitrogens with zero attached hydrogens (tertiary/aromatic N) is 1. The van der Waals surface area contributed by atoms with Crippen molar-refractivity contribution < 1.29 is 13.6 Å². The summed E-state index contributed by atoms with van der Waals surface area (Å²) in [5.41, 5.74) is 0.729. The topological polar surface area (TPSA) is 32.3 Å². The Labute approximate surface area is 110 Å². The van der Waals surface area contributed by atoms with Crippen LogP contribution < -0.4 is 5.32 Å². The van der Waals surface area contributed by atoms with Gasteiger partial charge in [0.2, 0.25) is 5.91 Å². The average Bonchev–Trinajstić information content (AvgIpc) is 3.22. The van der Waals surface area contributed by atoms with Gasteiger partial charge in [-0.25, -0.2) is 8.78 Å². The third-order valence-corrected chi connectivity index (χ3v) is 3.91. The molecule has 2 atom stereocenters. The van der Waals surface area contributed by atoms with Gasteiger partial charge in [0.1, 0.15) is 0 Å². The molecule has 1 saturated carbocycles. The Morgan fingerprint density at radius 1 is 1.21 bits per heavy atom. The number of benzene rings is 1. The van der Waals surface area contributed by atoms with Crippen LogP contribution >= 0.6 is 0 Å². The lowest BCUT2D eigenvalue weighted by molar-refractivity contribution is -0.133. The van der Waals surface area contributed by atoms with E-state index in [4.69, 9.17) is 0 Å². The lowest BCUT2D eigenvalue weighted by Crippen LogP contribution is -2.47. The molecule has 1 heterocycles. The van der Waals surface area contributed by atoms with Gasteiger partial charge in [-0.2, -0.15) is 0 Å². The number of halogens is 2. The molecule has 1 aliphatic carbocycles. The van der Waals surface area contributed by atoms with E-state index in [2.05, 4.69) is 5.32 Å². The van der Waals surface area contributed by atoms with Crippen molar-refractivity contribution in [3.05, 3.63) is 35.4 Å². The Morgan fingerprint density at radius 2 is 1.95 bits per heavy atom. The first-order chi connectivity index (χ1) is 9.16. The fourth-order valence-electron chi connectivity index (χ4n) is 2.70. The van der Waals surface area contributed by atoms with Crippen LogP contribution in [0.5, 0.6) is 0 Å². The number of amides is 1. The van der Waals surface area contributed by atoms with Crippen LogP contribution in [0.1, 0.15) is 17.9 Å². The minimum absolute atomic E-state index is 0.0528. The van der Waals surface area contributed by atoms with Crippen molar-refractivity contribution in [1.29, 1.82) is 0 Å². The normalized spacial score (nSPS) is 26.3. The monoisotopic (exact) mass is 266 g/mol. The van der Waals surface area contributed by atoms with Gasteiger partial charge < -0.3 is 10.2 Å². The van der Waals surface area contributed by atoms with Crippen molar-refractivity contribution in [1.82, 2.24) is 10.2 Å². The number of hydrogen-bond donors (Lipinski definition) is 1. The highest BCUT2D eigenvalue weighted by Crippen LogP contribution is 2.48. The van der Waals surface area contributed by atoms with E-state index >= 15 is 0 Å². The van der Waals surface area contributed by atoms with Gasteiger partial charge >= 0.3 is 0 Å². The molecule has 3 nitrogen and oxygen atoms in total. The molecular weight excluding hydrogens is 250 g/mol.